The zero-order valence-electron chi connectivity index (χ0n) is 11.3. The second-order valence-electron chi connectivity index (χ2n) is 4.27. The zero-order valence-corrected chi connectivity index (χ0v) is 11.3. The predicted octanol–water partition coefficient (Wildman–Crippen LogP) is 0.287. The Labute approximate surface area is 112 Å². The number of likely N-dealkylation sites (tertiary alicyclic amines) is 1. The van der Waals surface area contributed by atoms with Crippen LogP contribution in [0.25, 0.3) is 0 Å². The zero-order chi connectivity index (χ0) is 14.3. The molecule has 0 bridgehead atoms. The van der Waals surface area contributed by atoms with Gasteiger partial charge in [0.1, 0.15) is 6.04 Å². The summed E-state index contributed by atoms with van der Waals surface area (Å²) in [5.74, 6) is -0.795. The first kappa shape index (κ1) is 15.4. The Kier molecular flexibility index (Phi) is 6.27. The summed E-state index contributed by atoms with van der Waals surface area (Å²) < 4.78 is 9.33. The number of ether oxygens (including phenoxy) is 2. The maximum Gasteiger partial charge on any atom is 0.413 e. The smallest absolute Gasteiger partial charge is 0.413 e. The molecule has 0 aromatic rings. The monoisotopic (exact) mass is 272 g/mol. The quantitative estimate of drug-likeness (QED) is 0.740. The fourth-order valence-electron chi connectivity index (χ4n) is 2.07. The average Bonchev–Trinajstić information content (AvgIpc) is 2.39. The molecule has 1 heterocycles. The minimum absolute atomic E-state index is 0.0153. The molecule has 19 heavy (non-hydrogen) atoms. The Morgan fingerprint density at radius 2 is 2.05 bits per heavy atom. The summed E-state index contributed by atoms with van der Waals surface area (Å²) in [6, 6.07) is -0.405. The molecule has 7 nitrogen and oxygen atoms in total. The molecule has 1 N–H and O–H groups in total. The van der Waals surface area contributed by atoms with E-state index < -0.39 is 18.0 Å². The van der Waals surface area contributed by atoms with Gasteiger partial charge in [0.25, 0.3) is 0 Å². The van der Waals surface area contributed by atoms with Crippen molar-refractivity contribution < 1.29 is 23.9 Å². The minimum Gasteiger partial charge on any atom is -0.465 e. The molecule has 7 heteroatoms. The van der Waals surface area contributed by atoms with Gasteiger partial charge in [0.2, 0.25) is 5.91 Å². The van der Waals surface area contributed by atoms with Crippen LogP contribution in [0, 0.1) is 0 Å². The van der Waals surface area contributed by atoms with Crippen LogP contribution >= 0.6 is 0 Å². The molecule has 0 spiro atoms. The van der Waals surface area contributed by atoms with Crippen molar-refractivity contribution in [1.82, 2.24) is 10.2 Å². The van der Waals surface area contributed by atoms with Crippen LogP contribution in [0.1, 0.15) is 26.2 Å². The fraction of sp³-hybridized carbons (Fsp3) is 0.750. The summed E-state index contributed by atoms with van der Waals surface area (Å²) in [5, 5.41) is 2.07. The van der Waals surface area contributed by atoms with Gasteiger partial charge in [0.15, 0.2) is 0 Å². The fourth-order valence-corrected chi connectivity index (χ4v) is 2.07. The molecular formula is C12H20N2O5. The first-order valence-electron chi connectivity index (χ1n) is 6.37. The molecule has 1 aliphatic rings. The normalized spacial score (nSPS) is 19.6. The lowest BCUT2D eigenvalue weighted by Crippen LogP contribution is -2.50. The van der Waals surface area contributed by atoms with Crippen LogP contribution in [-0.4, -0.2) is 55.7 Å². The van der Waals surface area contributed by atoms with Crippen LogP contribution < -0.4 is 5.32 Å². The van der Waals surface area contributed by atoms with E-state index in [1.165, 1.54) is 7.11 Å². The highest BCUT2D eigenvalue weighted by atomic mass is 16.5. The standard InChI is InChI=1S/C12H20N2O5/c1-3-19-11(16)9-6-4-5-7-14(9)8-10(15)13-12(17)18-2/h9H,3-8H2,1-2H3,(H,13,15,17). The van der Waals surface area contributed by atoms with E-state index in [0.717, 1.165) is 12.8 Å². The van der Waals surface area contributed by atoms with Gasteiger partial charge in [-0.1, -0.05) is 6.42 Å². The summed E-state index contributed by atoms with van der Waals surface area (Å²) >= 11 is 0. The Morgan fingerprint density at radius 1 is 1.32 bits per heavy atom. The van der Waals surface area contributed by atoms with E-state index in [9.17, 15) is 14.4 Å². The van der Waals surface area contributed by atoms with Crippen molar-refractivity contribution in [3.8, 4) is 0 Å². The molecule has 0 aliphatic carbocycles. The molecule has 1 aliphatic heterocycles. The highest BCUT2D eigenvalue weighted by Gasteiger charge is 2.31. The van der Waals surface area contributed by atoms with Gasteiger partial charge in [-0.3, -0.25) is 19.8 Å². The number of imide groups is 1. The molecule has 2 amide bonds. The first-order chi connectivity index (χ1) is 9.08. The highest BCUT2D eigenvalue weighted by Crippen LogP contribution is 2.17. The van der Waals surface area contributed by atoms with E-state index in [1.54, 1.807) is 11.8 Å². The molecule has 1 fully saturated rings. The van der Waals surface area contributed by atoms with Gasteiger partial charge in [0, 0.05) is 0 Å². The van der Waals surface area contributed by atoms with Crippen LogP contribution in [0.15, 0.2) is 0 Å². The molecule has 1 rings (SSSR count). The second-order valence-corrected chi connectivity index (χ2v) is 4.27. The summed E-state index contributed by atoms with van der Waals surface area (Å²) in [5.41, 5.74) is 0. The number of nitrogens with one attached hydrogen (secondary N) is 1. The third kappa shape index (κ3) is 4.86. The molecule has 0 saturated carbocycles. The van der Waals surface area contributed by atoms with Crippen molar-refractivity contribution in [2.75, 3.05) is 26.8 Å². The predicted molar refractivity (Wildman–Crippen MR) is 66.4 cm³/mol. The van der Waals surface area contributed by atoms with E-state index in [-0.39, 0.29) is 12.5 Å². The average molecular weight is 272 g/mol. The number of hydrogen-bond donors (Lipinski definition) is 1. The van der Waals surface area contributed by atoms with Crippen molar-refractivity contribution in [2.24, 2.45) is 0 Å². The third-order valence-electron chi connectivity index (χ3n) is 2.95. The molecule has 0 radical (unpaired) electrons. The van der Waals surface area contributed by atoms with E-state index in [1.807, 2.05) is 0 Å². The summed E-state index contributed by atoms with van der Waals surface area (Å²) in [4.78, 5) is 36.0. The largest absolute Gasteiger partial charge is 0.465 e. The van der Waals surface area contributed by atoms with Crippen molar-refractivity contribution in [1.29, 1.82) is 0 Å². The van der Waals surface area contributed by atoms with Gasteiger partial charge in [-0.05, 0) is 26.3 Å². The maximum atomic E-state index is 11.8. The van der Waals surface area contributed by atoms with Gasteiger partial charge in [-0.25, -0.2) is 4.79 Å². The maximum absolute atomic E-state index is 11.8. The number of methoxy groups -OCH3 is 1. The van der Waals surface area contributed by atoms with Crippen molar-refractivity contribution >= 4 is 18.0 Å². The summed E-state index contributed by atoms with van der Waals surface area (Å²) in [6.45, 7) is 2.68. The number of amides is 2. The van der Waals surface area contributed by atoms with Gasteiger partial charge in [-0.2, -0.15) is 0 Å². The van der Waals surface area contributed by atoms with Gasteiger partial charge >= 0.3 is 12.1 Å². The molecule has 1 saturated heterocycles. The van der Waals surface area contributed by atoms with Gasteiger partial charge in [0.05, 0.1) is 20.3 Å². The molecule has 108 valence electrons. The Balaban J connectivity index is 2.54. The number of rotatable bonds is 4. The lowest BCUT2D eigenvalue weighted by molar-refractivity contribution is -0.151. The van der Waals surface area contributed by atoms with Crippen LogP contribution in [-0.2, 0) is 19.1 Å². The lowest BCUT2D eigenvalue weighted by Gasteiger charge is -2.33. The molecule has 1 unspecified atom stereocenters. The molecular weight excluding hydrogens is 252 g/mol. The van der Waals surface area contributed by atoms with E-state index in [4.69, 9.17) is 4.74 Å². The van der Waals surface area contributed by atoms with Crippen LogP contribution in [0.3, 0.4) is 0 Å². The minimum atomic E-state index is -0.797. The number of carbonyl (C=O) groups excluding carboxylic acids is 3. The SMILES string of the molecule is CCOC(=O)C1CCCCN1CC(=O)NC(=O)OC. The molecule has 1 atom stereocenters. The van der Waals surface area contributed by atoms with Crippen LogP contribution in [0.2, 0.25) is 0 Å². The van der Waals surface area contributed by atoms with Gasteiger partial charge in [-0.15, -0.1) is 0 Å². The number of nitrogens with zero attached hydrogens (tertiary/aromatic N) is 1. The highest BCUT2D eigenvalue weighted by molar-refractivity contribution is 5.93. The number of piperidine rings is 1. The first-order valence-corrected chi connectivity index (χ1v) is 6.37. The van der Waals surface area contributed by atoms with Crippen molar-refractivity contribution in [3.05, 3.63) is 0 Å². The molecule has 0 aromatic heterocycles. The van der Waals surface area contributed by atoms with E-state index in [0.29, 0.717) is 19.6 Å². The second kappa shape index (κ2) is 7.73. The van der Waals surface area contributed by atoms with Crippen LogP contribution in [0.5, 0.6) is 0 Å². The Hall–Kier alpha value is -1.63. The topological polar surface area (TPSA) is 84.9 Å². The van der Waals surface area contributed by atoms with Crippen molar-refractivity contribution in [2.45, 2.75) is 32.2 Å². The summed E-state index contributed by atoms with van der Waals surface area (Å²) in [6.07, 6.45) is 1.72. The summed E-state index contributed by atoms with van der Waals surface area (Å²) in [7, 11) is 1.19. The Morgan fingerprint density at radius 3 is 2.68 bits per heavy atom. The number of hydrogen-bond acceptors (Lipinski definition) is 6. The van der Waals surface area contributed by atoms with Crippen molar-refractivity contribution in [3.63, 3.8) is 0 Å². The van der Waals surface area contributed by atoms with E-state index >= 15 is 0 Å². The van der Waals surface area contributed by atoms with Crippen LogP contribution in [0.4, 0.5) is 4.79 Å². The third-order valence-corrected chi connectivity index (χ3v) is 2.95. The number of esters is 1. The number of alkyl carbamates (subject to hydrolysis) is 1. The number of carbonyl (C=O) groups is 3. The Bertz CT molecular complexity index is 345. The molecule has 0 aromatic carbocycles. The van der Waals surface area contributed by atoms with Gasteiger partial charge < -0.3 is 9.47 Å². The lowest BCUT2D eigenvalue weighted by atomic mass is 10.0. The van der Waals surface area contributed by atoms with E-state index in [2.05, 4.69) is 10.1 Å².